The van der Waals surface area contributed by atoms with E-state index in [0.29, 0.717) is 38.0 Å². The summed E-state index contributed by atoms with van der Waals surface area (Å²) in [4.78, 5) is 66.8. The lowest BCUT2D eigenvalue weighted by molar-refractivity contribution is -0.136. The molecular formula is C28H35FN4O6. The van der Waals surface area contributed by atoms with Crippen LogP contribution in [0.4, 0.5) is 14.9 Å². The zero-order valence-electron chi connectivity index (χ0n) is 22.6. The second kappa shape index (κ2) is 10.2. The van der Waals surface area contributed by atoms with E-state index in [1.807, 2.05) is 25.7 Å². The molecule has 1 N–H and O–H groups in total. The van der Waals surface area contributed by atoms with Crippen LogP contribution < -0.4 is 10.2 Å². The third-order valence-corrected chi connectivity index (χ3v) is 8.25. The molecule has 11 heteroatoms. The SMILES string of the molecule is CC(C)(C)OC(=O)N1CCC(C2CCN(c3cc4c(cc3F)C(=O)N(C3CCC(=O)NC3=O)C4=O)CC2)CC1. The van der Waals surface area contributed by atoms with E-state index in [1.54, 1.807) is 4.90 Å². The number of hydrogen-bond acceptors (Lipinski definition) is 7. The Balaban J connectivity index is 1.21. The highest BCUT2D eigenvalue weighted by atomic mass is 19.1. The van der Waals surface area contributed by atoms with Gasteiger partial charge in [0.15, 0.2) is 0 Å². The summed E-state index contributed by atoms with van der Waals surface area (Å²) < 4.78 is 20.7. The Kier molecular flexibility index (Phi) is 7.11. The largest absolute Gasteiger partial charge is 0.444 e. The Hall–Kier alpha value is -3.50. The number of piperidine rings is 3. The molecule has 0 spiro atoms. The molecule has 4 aliphatic heterocycles. The van der Waals surface area contributed by atoms with Crippen molar-refractivity contribution >= 4 is 35.4 Å². The van der Waals surface area contributed by atoms with Gasteiger partial charge in [0, 0.05) is 32.6 Å². The van der Waals surface area contributed by atoms with Crippen LogP contribution in [0.1, 0.15) is 80.0 Å². The Morgan fingerprint density at radius 2 is 1.46 bits per heavy atom. The highest BCUT2D eigenvalue weighted by Crippen LogP contribution is 2.37. The lowest BCUT2D eigenvalue weighted by Crippen LogP contribution is -2.54. The number of carbonyl (C=O) groups is 5. The lowest BCUT2D eigenvalue weighted by Gasteiger charge is -2.41. The molecule has 0 saturated carbocycles. The van der Waals surface area contributed by atoms with Gasteiger partial charge in [0.05, 0.1) is 16.8 Å². The molecule has 1 aromatic rings. The van der Waals surface area contributed by atoms with E-state index in [0.717, 1.165) is 36.6 Å². The number of ether oxygens (including phenoxy) is 1. The van der Waals surface area contributed by atoms with Crippen molar-refractivity contribution in [3.63, 3.8) is 0 Å². The van der Waals surface area contributed by atoms with E-state index in [-0.39, 0.29) is 35.7 Å². The molecule has 0 bridgehead atoms. The topological polar surface area (TPSA) is 116 Å². The minimum atomic E-state index is -1.08. The van der Waals surface area contributed by atoms with E-state index < -0.39 is 41.1 Å². The van der Waals surface area contributed by atoms with E-state index in [2.05, 4.69) is 5.32 Å². The molecule has 0 aliphatic carbocycles. The van der Waals surface area contributed by atoms with Gasteiger partial charge in [0.2, 0.25) is 11.8 Å². The van der Waals surface area contributed by atoms with Crippen LogP contribution in [0.5, 0.6) is 0 Å². The quantitative estimate of drug-likeness (QED) is 0.584. The smallest absolute Gasteiger partial charge is 0.410 e. The summed E-state index contributed by atoms with van der Waals surface area (Å²) in [6, 6.07) is 1.44. The molecule has 1 aromatic carbocycles. The third kappa shape index (κ3) is 5.35. The van der Waals surface area contributed by atoms with Crippen LogP contribution >= 0.6 is 0 Å². The van der Waals surface area contributed by atoms with Crippen molar-refractivity contribution in [3.8, 4) is 0 Å². The number of amides is 5. The maximum atomic E-state index is 15.2. The number of rotatable bonds is 3. The van der Waals surface area contributed by atoms with Gasteiger partial charge in [-0.25, -0.2) is 9.18 Å². The highest BCUT2D eigenvalue weighted by Gasteiger charge is 2.45. The third-order valence-electron chi connectivity index (χ3n) is 8.25. The van der Waals surface area contributed by atoms with Crippen LogP contribution in [0.25, 0.3) is 0 Å². The summed E-state index contributed by atoms with van der Waals surface area (Å²) in [6.45, 7) is 8.14. The van der Waals surface area contributed by atoms with Gasteiger partial charge in [0.1, 0.15) is 17.5 Å². The van der Waals surface area contributed by atoms with Crippen molar-refractivity contribution in [1.29, 1.82) is 0 Å². The number of nitrogens with zero attached hydrogens (tertiary/aromatic N) is 3. The normalized spacial score (nSPS) is 23.3. The van der Waals surface area contributed by atoms with Crippen molar-refractivity contribution in [2.24, 2.45) is 11.8 Å². The van der Waals surface area contributed by atoms with Crippen molar-refractivity contribution in [2.45, 2.75) is 70.9 Å². The van der Waals surface area contributed by atoms with Crippen molar-refractivity contribution in [3.05, 3.63) is 29.1 Å². The predicted molar refractivity (Wildman–Crippen MR) is 139 cm³/mol. The molecule has 10 nitrogen and oxygen atoms in total. The molecule has 210 valence electrons. The molecule has 3 fully saturated rings. The van der Waals surface area contributed by atoms with Crippen LogP contribution in [-0.4, -0.2) is 77.3 Å². The van der Waals surface area contributed by atoms with Gasteiger partial charge in [-0.1, -0.05) is 0 Å². The minimum absolute atomic E-state index is 0.0262. The molecule has 0 radical (unpaired) electrons. The zero-order chi connectivity index (χ0) is 28.1. The number of imide groups is 2. The molecule has 5 amide bonds. The molecule has 1 atom stereocenters. The number of fused-ring (bicyclic) bond motifs is 1. The number of benzene rings is 1. The van der Waals surface area contributed by atoms with Crippen molar-refractivity contribution in [2.75, 3.05) is 31.1 Å². The van der Waals surface area contributed by atoms with Gasteiger partial charge in [-0.15, -0.1) is 0 Å². The van der Waals surface area contributed by atoms with Crippen LogP contribution in [0.15, 0.2) is 12.1 Å². The van der Waals surface area contributed by atoms with Gasteiger partial charge in [-0.05, 0) is 76.8 Å². The summed E-state index contributed by atoms with van der Waals surface area (Å²) in [5.41, 5.74) is -0.220. The summed E-state index contributed by atoms with van der Waals surface area (Å²) in [7, 11) is 0. The molecule has 3 saturated heterocycles. The van der Waals surface area contributed by atoms with Crippen LogP contribution in [0, 0.1) is 17.7 Å². The van der Waals surface area contributed by atoms with Gasteiger partial charge in [0.25, 0.3) is 11.8 Å². The minimum Gasteiger partial charge on any atom is -0.444 e. The van der Waals surface area contributed by atoms with E-state index >= 15 is 4.39 Å². The summed E-state index contributed by atoms with van der Waals surface area (Å²) >= 11 is 0. The fourth-order valence-electron chi connectivity index (χ4n) is 6.21. The average molecular weight is 543 g/mol. The van der Waals surface area contributed by atoms with E-state index in [9.17, 15) is 24.0 Å². The Labute approximate surface area is 226 Å². The predicted octanol–water partition coefficient (Wildman–Crippen LogP) is 3.09. The molecule has 0 aromatic heterocycles. The first-order valence-corrected chi connectivity index (χ1v) is 13.7. The molecule has 5 rings (SSSR count). The van der Waals surface area contributed by atoms with Crippen molar-refractivity contribution in [1.82, 2.24) is 15.1 Å². The fourth-order valence-corrected chi connectivity index (χ4v) is 6.21. The maximum absolute atomic E-state index is 15.2. The number of hydrogen-bond donors (Lipinski definition) is 1. The number of anilines is 1. The van der Waals surface area contributed by atoms with Crippen LogP contribution in [0.2, 0.25) is 0 Å². The van der Waals surface area contributed by atoms with E-state index in [4.69, 9.17) is 4.74 Å². The zero-order valence-corrected chi connectivity index (χ0v) is 22.6. The monoisotopic (exact) mass is 542 g/mol. The summed E-state index contributed by atoms with van der Waals surface area (Å²) in [6.07, 6.45) is 3.35. The first kappa shape index (κ1) is 27.1. The molecular weight excluding hydrogens is 507 g/mol. The number of carbonyl (C=O) groups excluding carboxylic acids is 5. The van der Waals surface area contributed by atoms with Gasteiger partial charge < -0.3 is 14.5 Å². The van der Waals surface area contributed by atoms with Gasteiger partial charge in [-0.2, -0.15) is 0 Å². The molecule has 39 heavy (non-hydrogen) atoms. The lowest BCUT2D eigenvalue weighted by atomic mass is 9.78. The number of halogens is 1. The maximum Gasteiger partial charge on any atom is 0.410 e. The Morgan fingerprint density at radius 3 is 2.03 bits per heavy atom. The Bertz CT molecular complexity index is 1210. The summed E-state index contributed by atoms with van der Waals surface area (Å²) in [5, 5.41) is 2.16. The second-order valence-corrected chi connectivity index (χ2v) is 11.9. The Morgan fingerprint density at radius 1 is 0.897 bits per heavy atom. The first-order valence-electron chi connectivity index (χ1n) is 13.7. The first-order chi connectivity index (χ1) is 18.4. The number of nitrogens with one attached hydrogen (secondary N) is 1. The van der Waals surface area contributed by atoms with Crippen molar-refractivity contribution < 1.29 is 33.1 Å². The van der Waals surface area contributed by atoms with E-state index in [1.165, 1.54) is 6.07 Å². The van der Waals surface area contributed by atoms with Crippen LogP contribution in [0.3, 0.4) is 0 Å². The molecule has 4 heterocycles. The molecule has 1 unspecified atom stereocenters. The van der Waals surface area contributed by atoms with Gasteiger partial charge in [-0.3, -0.25) is 29.4 Å². The van der Waals surface area contributed by atoms with Crippen LogP contribution in [-0.2, 0) is 14.3 Å². The fraction of sp³-hybridized carbons (Fsp3) is 0.607. The number of likely N-dealkylation sites (tertiary alicyclic amines) is 1. The standard InChI is InChI=1S/C28H35FN4O6/c1-28(2,3)39-27(38)32-12-8-17(9-13-32)16-6-10-31(11-7-16)22-15-19-18(14-20(22)29)25(36)33(26(19)37)21-4-5-23(34)30-24(21)35/h14-17,21H,4-13H2,1-3H3,(H,30,34,35). The highest BCUT2D eigenvalue weighted by molar-refractivity contribution is 6.23. The second-order valence-electron chi connectivity index (χ2n) is 11.9. The average Bonchev–Trinajstić information content (AvgIpc) is 3.11. The molecule has 4 aliphatic rings. The summed E-state index contributed by atoms with van der Waals surface area (Å²) in [5.74, 6) is -2.13. The van der Waals surface area contributed by atoms with Gasteiger partial charge >= 0.3 is 6.09 Å².